The van der Waals surface area contributed by atoms with Crippen molar-refractivity contribution in [1.82, 2.24) is 19.8 Å². The predicted octanol–water partition coefficient (Wildman–Crippen LogP) is 11.2. The third-order valence-electron chi connectivity index (χ3n) is 9.38. The molecule has 8 heteroatoms. The first-order valence-electron chi connectivity index (χ1n) is 16.7. The van der Waals surface area contributed by atoms with Gasteiger partial charge in [0.1, 0.15) is 0 Å². The second kappa shape index (κ2) is 16.0. The zero-order chi connectivity index (χ0) is 34.5. The number of halogens is 2. The summed E-state index contributed by atoms with van der Waals surface area (Å²) in [7, 11) is 0. The molecule has 0 N–H and O–H groups in total. The van der Waals surface area contributed by atoms with E-state index in [2.05, 4.69) is 106 Å². The van der Waals surface area contributed by atoms with E-state index in [0.29, 0.717) is 11.8 Å². The van der Waals surface area contributed by atoms with Gasteiger partial charge in [-0.3, -0.25) is 19.8 Å². The van der Waals surface area contributed by atoms with E-state index < -0.39 is 0 Å². The van der Waals surface area contributed by atoms with Gasteiger partial charge in [0.2, 0.25) is 0 Å². The first-order chi connectivity index (χ1) is 24.5. The van der Waals surface area contributed by atoms with Crippen molar-refractivity contribution in [2.75, 3.05) is 26.2 Å². The van der Waals surface area contributed by atoms with E-state index in [4.69, 9.17) is 23.2 Å². The fourth-order valence-corrected chi connectivity index (χ4v) is 10.0. The number of hydrogen-bond acceptors (Lipinski definition) is 6. The van der Waals surface area contributed by atoms with Crippen LogP contribution >= 0.6 is 45.9 Å². The lowest BCUT2D eigenvalue weighted by Gasteiger charge is -2.33. The van der Waals surface area contributed by atoms with Gasteiger partial charge in [0.25, 0.3) is 0 Å². The highest BCUT2D eigenvalue weighted by molar-refractivity contribution is 7.16. The molecule has 1 unspecified atom stereocenters. The Morgan fingerprint density at radius 2 is 1.06 bits per heavy atom. The van der Waals surface area contributed by atoms with Crippen LogP contribution in [0.1, 0.15) is 43.8 Å². The molecule has 2 atom stereocenters. The maximum absolute atomic E-state index is 6.36. The molecular weight excluding hydrogens is 696 g/mol. The Bertz CT molecular complexity index is 1930. The first-order valence-corrected chi connectivity index (χ1v) is 19.1. The van der Waals surface area contributed by atoms with E-state index in [0.717, 1.165) is 59.1 Å². The molecule has 0 spiro atoms. The van der Waals surface area contributed by atoms with Crippen molar-refractivity contribution in [2.45, 2.75) is 24.9 Å². The Hall–Kier alpha value is -3.88. The van der Waals surface area contributed by atoms with Gasteiger partial charge in [0.15, 0.2) is 0 Å². The van der Waals surface area contributed by atoms with Gasteiger partial charge in [-0.1, -0.05) is 96.0 Å². The number of hydrogen-bond donors (Lipinski definition) is 0. The molecule has 8 rings (SSSR count). The summed E-state index contributed by atoms with van der Waals surface area (Å²) in [6, 6.07) is 29.8. The summed E-state index contributed by atoms with van der Waals surface area (Å²) in [4.78, 5) is 16.2. The first kappa shape index (κ1) is 34.6. The zero-order valence-corrected chi connectivity index (χ0v) is 30.9. The molecule has 4 aromatic heterocycles. The second-order valence-corrected chi connectivity index (χ2v) is 16.1. The lowest BCUT2D eigenvalue weighted by atomic mass is 9.84. The van der Waals surface area contributed by atoms with Crippen molar-refractivity contribution >= 4 is 45.9 Å². The Morgan fingerprint density at radius 1 is 0.620 bits per heavy atom. The van der Waals surface area contributed by atoms with E-state index in [9.17, 15) is 0 Å². The van der Waals surface area contributed by atoms with Crippen LogP contribution in [-0.4, -0.2) is 45.9 Å². The summed E-state index contributed by atoms with van der Waals surface area (Å²) >= 11 is 16.1. The van der Waals surface area contributed by atoms with Crippen LogP contribution in [0.4, 0.5) is 0 Å². The third-order valence-corrected chi connectivity index (χ3v) is 11.9. The van der Waals surface area contributed by atoms with E-state index in [-0.39, 0.29) is 0 Å². The molecule has 2 aliphatic heterocycles. The van der Waals surface area contributed by atoms with E-state index in [1.807, 2.05) is 49.1 Å². The van der Waals surface area contributed by atoms with Crippen molar-refractivity contribution < 1.29 is 0 Å². The quantitative estimate of drug-likeness (QED) is 0.146. The summed E-state index contributed by atoms with van der Waals surface area (Å²) in [5, 5.41) is 0. The largest absolute Gasteiger partial charge is 0.294 e. The number of fused-ring (bicyclic) bond motifs is 2. The maximum Gasteiger partial charge on any atom is 0.0934 e. The molecule has 6 aromatic rings. The predicted molar refractivity (Wildman–Crippen MR) is 213 cm³/mol. The third kappa shape index (κ3) is 7.57. The number of nitrogens with zero attached hydrogens (tertiary/aromatic N) is 4. The van der Waals surface area contributed by atoms with E-state index in [1.165, 1.54) is 43.1 Å². The monoisotopic (exact) mass is 732 g/mol. The molecule has 0 amide bonds. The molecule has 0 bridgehead atoms. The van der Waals surface area contributed by atoms with E-state index in [1.54, 1.807) is 22.7 Å². The van der Waals surface area contributed by atoms with Gasteiger partial charge < -0.3 is 0 Å². The highest BCUT2D eigenvalue weighted by Gasteiger charge is 2.31. The molecule has 50 heavy (non-hydrogen) atoms. The minimum absolute atomic E-state index is 0.309. The SMILES string of the molecule is C=CCN1Cc2sc(Cl)cc2C(c2ccccc2-c2cccnc2)C1.C=CCN1Cc2sc(Cl)cc2[C@H](c2ccccc2-c2cccnc2)C1. The molecule has 6 heterocycles. The van der Waals surface area contributed by atoms with Crippen LogP contribution in [0.15, 0.2) is 135 Å². The average molecular weight is 734 g/mol. The van der Waals surface area contributed by atoms with Crippen molar-refractivity contribution in [3.05, 3.63) is 176 Å². The Kier molecular flexibility index (Phi) is 11.1. The highest BCUT2D eigenvalue weighted by Crippen LogP contribution is 2.44. The van der Waals surface area contributed by atoms with Crippen molar-refractivity contribution in [2.24, 2.45) is 0 Å². The van der Waals surface area contributed by atoms with Crippen LogP contribution in [0.3, 0.4) is 0 Å². The Morgan fingerprint density at radius 3 is 1.46 bits per heavy atom. The molecule has 252 valence electrons. The number of pyridine rings is 2. The van der Waals surface area contributed by atoms with Crippen molar-refractivity contribution in [1.29, 1.82) is 0 Å². The Balaban J connectivity index is 0.000000157. The molecule has 4 nitrogen and oxygen atoms in total. The normalized spacial score (nSPS) is 17.2. The molecule has 0 aliphatic carbocycles. The second-order valence-electron chi connectivity index (χ2n) is 12.6. The van der Waals surface area contributed by atoms with Gasteiger partial charge in [-0.25, -0.2) is 0 Å². The van der Waals surface area contributed by atoms with E-state index >= 15 is 0 Å². The van der Waals surface area contributed by atoms with Crippen molar-refractivity contribution in [3.8, 4) is 22.3 Å². The number of rotatable bonds is 8. The van der Waals surface area contributed by atoms with Gasteiger partial charge in [0, 0.05) is 96.8 Å². The molecule has 0 radical (unpaired) electrons. The number of aromatic nitrogens is 2. The fourth-order valence-electron chi connectivity index (χ4n) is 7.25. The molecule has 0 fully saturated rings. The Labute approximate surface area is 313 Å². The smallest absolute Gasteiger partial charge is 0.0934 e. The summed E-state index contributed by atoms with van der Waals surface area (Å²) in [6.45, 7) is 13.4. The van der Waals surface area contributed by atoms with Crippen LogP contribution in [0.25, 0.3) is 22.3 Å². The fraction of sp³-hybridized carbons (Fsp3) is 0.190. The molecule has 0 saturated heterocycles. The molecular formula is C42H38Cl2N4S2. The van der Waals surface area contributed by atoms with Crippen LogP contribution in [0, 0.1) is 0 Å². The lowest BCUT2D eigenvalue weighted by molar-refractivity contribution is 0.270. The lowest BCUT2D eigenvalue weighted by Crippen LogP contribution is -2.33. The van der Waals surface area contributed by atoms with Crippen molar-refractivity contribution in [3.63, 3.8) is 0 Å². The summed E-state index contributed by atoms with van der Waals surface area (Å²) < 4.78 is 1.74. The molecule has 0 saturated carbocycles. The minimum Gasteiger partial charge on any atom is -0.294 e. The maximum atomic E-state index is 6.36. The summed E-state index contributed by atoms with van der Waals surface area (Å²) in [6.07, 6.45) is 11.5. The standard InChI is InChI=1S/2C21H19ClN2S/c2*1-2-10-24-13-19(18-11-21(22)25-20(18)14-24)17-8-4-3-7-16(17)15-6-5-9-23-12-15/h2*2-9,11-12,19H,1,10,13-14H2/t19-;/m0./s1. The summed E-state index contributed by atoms with van der Waals surface area (Å²) in [5.41, 5.74) is 10.2. The highest BCUT2D eigenvalue weighted by atomic mass is 35.5. The topological polar surface area (TPSA) is 32.3 Å². The van der Waals surface area contributed by atoms with Crippen LogP contribution in [-0.2, 0) is 13.1 Å². The van der Waals surface area contributed by atoms with Crippen LogP contribution < -0.4 is 0 Å². The van der Waals surface area contributed by atoms with Crippen LogP contribution in [0.2, 0.25) is 8.67 Å². The van der Waals surface area contributed by atoms with Gasteiger partial charge >= 0.3 is 0 Å². The average Bonchev–Trinajstić information content (AvgIpc) is 3.73. The number of benzene rings is 2. The van der Waals surface area contributed by atoms with Gasteiger partial charge in [-0.15, -0.1) is 35.8 Å². The van der Waals surface area contributed by atoms with Crippen LogP contribution in [0.5, 0.6) is 0 Å². The van der Waals surface area contributed by atoms with Gasteiger partial charge in [-0.2, -0.15) is 0 Å². The van der Waals surface area contributed by atoms with Gasteiger partial charge in [-0.05, 0) is 57.6 Å². The number of thiophene rings is 2. The zero-order valence-electron chi connectivity index (χ0n) is 27.7. The van der Waals surface area contributed by atoms with Gasteiger partial charge in [0.05, 0.1) is 8.67 Å². The minimum atomic E-state index is 0.309. The molecule has 2 aliphatic rings. The molecule has 2 aromatic carbocycles. The summed E-state index contributed by atoms with van der Waals surface area (Å²) in [5.74, 6) is 0.618.